The lowest BCUT2D eigenvalue weighted by Gasteiger charge is -2.11. The predicted molar refractivity (Wildman–Crippen MR) is 67.5 cm³/mol. The van der Waals surface area contributed by atoms with E-state index in [4.69, 9.17) is 10.5 Å². The molecule has 1 aromatic rings. The smallest absolute Gasteiger partial charge is 0.311 e. The van der Waals surface area contributed by atoms with E-state index < -0.39 is 11.0 Å². The number of benzene rings is 1. The Morgan fingerprint density at radius 2 is 2.28 bits per heavy atom. The van der Waals surface area contributed by atoms with Crippen LogP contribution in [0.5, 0.6) is 5.75 Å². The lowest BCUT2D eigenvalue weighted by atomic mass is 10.0. The molecule has 18 heavy (non-hydrogen) atoms. The van der Waals surface area contributed by atoms with Gasteiger partial charge in [0.05, 0.1) is 17.6 Å². The number of nitrogens with two attached hydrogens (primary N) is 1. The maximum Gasteiger partial charge on any atom is 0.311 e. The van der Waals surface area contributed by atoms with Crippen LogP contribution in [0.3, 0.4) is 0 Å². The Kier molecular flexibility index (Phi) is 5.54. The summed E-state index contributed by atoms with van der Waals surface area (Å²) < 4.78 is 5.17. The summed E-state index contributed by atoms with van der Waals surface area (Å²) in [4.78, 5) is 10.4. The summed E-state index contributed by atoms with van der Waals surface area (Å²) in [5.74, 6) is 0.220. The molecule has 0 radical (unpaired) electrons. The zero-order valence-electron chi connectivity index (χ0n) is 10.3. The summed E-state index contributed by atoms with van der Waals surface area (Å²) in [5.41, 5.74) is 5.75. The third-order valence-electron chi connectivity index (χ3n) is 2.55. The van der Waals surface area contributed by atoms with Crippen molar-refractivity contribution in [1.82, 2.24) is 0 Å². The molecule has 0 aliphatic rings. The molecule has 100 valence electrons. The molecule has 1 rings (SSSR count). The fraction of sp³-hybridized carbons (Fsp3) is 0.500. The number of nitrogens with zero attached hydrogens (tertiary/aromatic N) is 1. The molecule has 0 bridgehead atoms. The normalized spacial score (nSPS) is 12.2. The number of hydrogen-bond donors (Lipinski definition) is 2. The molecule has 0 saturated heterocycles. The first kappa shape index (κ1) is 14.4. The number of nitro groups is 1. The molecule has 0 aliphatic carbocycles. The van der Waals surface area contributed by atoms with E-state index in [1.54, 1.807) is 13.0 Å². The van der Waals surface area contributed by atoms with Crippen molar-refractivity contribution in [2.45, 2.75) is 25.9 Å². The van der Waals surface area contributed by atoms with E-state index in [1.165, 1.54) is 12.1 Å². The predicted octanol–water partition coefficient (Wildman–Crippen LogP) is 1.77. The molecular weight excluding hydrogens is 236 g/mol. The maximum atomic E-state index is 10.9. The molecule has 1 aromatic carbocycles. The Morgan fingerprint density at radius 3 is 2.83 bits per heavy atom. The van der Waals surface area contributed by atoms with E-state index in [0.717, 1.165) is 0 Å². The van der Waals surface area contributed by atoms with E-state index in [-0.39, 0.29) is 11.4 Å². The first-order valence-corrected chi connectivity index (χ1v) is 5.89. The second-order valence-corrected chi connectivity index (χ2v) is 3.86. The molecule has 1 unspecified atom stereocenters. The van der Waals surface area contributed by atoms with Gasteiger partial charge < -0.3 is 15.6 Å². The summed E-state index contributed by atoms with van der Waals surface area (Å²) in [6.07, 6.45) is 0.423. The zero-order chi connectivity index (χ0) is 13.5. The number of aliphatic hydroxyl groups excluding tert-OH is 1. The highest BCUT2D eigenvalue weighted by Crippen LogP contribution is 2.31. The number of ether oxygens (including phenoxy) is 1. The molecule has 0 aromatic heterocycles. The summed E-state index contributed by atoms with van der Waals surface area (Å²) in [5, 5.41) is 20.8. The Bertz CT molecular complexity index is 409. The second-order valence-electron chi connectivity index (χ2n) is 3.86. The topological polar surface area (TPSA) is 98.6 Å². The van der Waals surface area contributed by atoms with E-state index in [0.29, 0.717) is 31.6 Å². The van der Waals surface area contributed by atoms with Gasteiger partial charge in [-0.2, -0.15) is 0 Å². The quantitative estimate of drug-likeness (QED) is 0.570. The van der Waals surface area contributed by atoms with Crippen LogP contribution in [-0.2, 0) is 0 Å². The largest absolute Gasteiger partial charge is 0.487 e. The minimum absolute atomic E-state index is 0.124. The monoisotopic (exact) mass is 254 g/mol. The van der Waals surface area contributed by atoms with Gasteiger partial charge in [-0.1, -0.05) is 6.07 Å². The van der Waals surface area contributed by atoms with E-state index >= 15 is 0 Å². The Hall–Kier alpha value is -1.66. The van der Waals surface area contributed by atoms with Gasteiger partial charge in [0, 0.05) is 6.07 Å². The molecule has 0 fully saturated rings. The van der Waals surface area contributed by atoms with Gasteiger partial charge in [-0.05, 0) is 37.9 Å². The maximum absolute atomic E-state index is 10.9. The highest BCUT2D eigenvalue weighted by molar-refractivity contribution is 5.49. The number of hydrogen-bond acceptors (Lipinski definition) is 5. The van der Waals surface area contributed by atoms with Gasteiger partial charge in [-0.25, -0.2) is 0 Å². The van der Waals surface area contributed by atoms with Crippen LogP contribution in [0.1, 0.15) is 31.4 Å². The van der Waals surface area contributed by atoms with Gasteiger partial charge in [-0.15, -0.1) is 0 Å². The molecule has 1 atom stereocenters. The SMILES string of the molecule is CCOc1ccc(C(O)CCCN)cc1[N+](=O)[O-]. The molecule has 6 nitrogen and oxygen atoms in total. The van der Waals surface area contributed by atoms with Crippen molar-refractivity contribution in [3.05, 3.63) is 33.9 Å². The van der Waals surface area contributed by atoms with E-state index in [1.807, 2.05) is 0 Å². The van der Waals surface area contributed by atoms with Crippen molar-refractivity contribution in [3.8, 4) is 5.75 Å². The lowest BCUT2D eigenvalue weighted by Crippen LogP contribution is -2.05. The molecule has 0 heterocycles. The Balaban J connectivity index is 2.95. The third kappa shape index (κ3) is 3.68. The standard InChI is InChI=1S/C12H18N2O4/c1-2-18-12-6-5-9(8-10(12)14(16)17)11(15)4-3-7-13/h5-6,8,11,15H,2-4,7,13H2,1H3. The van der Waals surface area contributed by atoms with Crippen molar-refractivity contribution in [2.75, 3.05) is 13.2 Å². The lowest BCUT2D eigenvalue weighted by molar-refractivity contribution is -0.386. The zero-order valence-corrected chi connectivity index (χ0v) is 10.3. The highest BCUT2D eigenvalue weighted by Gasteiger charge is 2.18. The average molecular weight is 254 g/mol. The Morgan fingerprint density at radius 1 is 1.56 bits per heavy atom. The Labute approximate surface area is 106 Å². The van der Waals surface area contributed by atoms with Crippen molar-refractivity contribution in [1.29, 1.82) is 0 Å². The van der Waals surface area contributed by atoms with Crippen LogP contribution >= 0.6 is 0 Å². The van der Waals surface area contributed by atoms with Gasteiger partial charge in [0.15, 0.2) is 5.75 Å². The molecule has 0 spiro atoms. The minimum atomic E-state index is -0.733. The van der Waals surface area contributed by atoms with Crippen LogP contribution in [0.2, 0.25) is 0 Å². The molecular formula is C12H18N2O4. The fourth-order valence-corrected chi connectivity index (χ4v) is 1.64. The number of nitro benzene ring substituents is 1. The van der Waals surface area contributed by atoms with Gasteiger partial charge in [0.2, 0.25) is 0 Å². The van der Waals surface area contributed by atoms with Gasteiger partial charge in [0.25, 0.3) is 0 Å². The van der Waals surface area contributed by atoms with Crippen LogP contribution in [0.15, 0.2) is 18.2 Å². The van der Waals surface area contributed by atoms with Crippen molar-refractivity contribution in [2.24, 2.45) is 5.73 Å². The number of rotatable bonds is 7. The van der Waals surface area contributed by atoms with Crippen LogP contribution in [0, 0.1) is 10.1 Å². The summed E-state index contributed by atoms with van der Waals surface area (Å²) >= 11 is 0. The fourth-order valence-electron chi connectivity index (χ4n) is 1.64. The van der Waals surface area contributed by atoms with Crippen molar-refractivity contribution >= 4 is 5.69 Å². The van der Waals surface area contributed by atoms with Crippen molar-refractivity contribution in [3.63, 3.8) is 0 Å². The van der Waals surface area contributed by atoms with Gasteiger partial charge in [0.1, 0.15) is 0 Å². The van der Waals surface area contributed by atoms with Crippen LogP contribution in [0.25, 0.3) is 0 Å². The van der Waals surface area contributed by atoms with Gasteiger partial charge >= 0.3 is 5.69 Å². The van der Waals surface area contributed by atoms with Gasteiger partial charge in [-0.3, -0.25) is 10.1 Å². The molecule has 0 saturated carbocycles. The average Bonchev–Trinajstić information content (AvgIpc) is 2.36. The first-order chi connectivity index (χ1) is 8.60. The molecule has 3 N–H and O–H groups in total. The van der Waals surface area contributed by atoms with Crippen LogP contribution in [0.4, 0.5) is 5.69 Å². The second kappa shape index (κ2) is 6.93. The van der Waals surface area contributed by atoms with E-state index in [2.05, 4.69) is 0 Å². The summed E-state index contributed by atoms with van der Waals surface area (Å²) in [6, 6.07) is 4.51. The van der Waals surface area contributed by atoms with Crippen LogP contribution in [-0.4, -0.2) is 23.2 Å². The third-order valence-corrected chi connectivity index (χ3v) is 2.55. The molecule has 6 heteroatoms. The van der Waals surface area contributed by atoms with E-state index in [9.17, 15) is 15.2 Å². The summed E-state index contributed by atoms with van der Waals surface area (Å²) in [6.45, 7) is 2.60. The van der Waals surface area contributed by atoms with Crippen molar-refractivity contribution < 1.29 is 14.8 Å². The van der Waals surface area contributed by atoms with Crippen LogP contribution < -0.4 is 10.5 Å². The molecule has 0 aliphatic heterocycles. The molecule has 0 amide bonds. The number of aliphatic hydroxyl groups is 1. The minimum Gasteiger partial charge on any atom is -0.487 e. The first-order valence-electron chi connectivity index (χ1n) is 5.89. The highest BCUT2D eigenvalue weighted by atomic mass is 16.6. The summed E-state index contributed by atoms with van der Waals surface area (Å²) in [7, 11) is 0.